The number of hydrogen-bond acceptors (Lipinski definition) is 2. The highest BCUT2D eigenvalue weighted by Crippen LogP contribution is 2.24. The summed E-state index contributed by atoms with van der Waals surface area (Å²) in [6.45, 7) is 1.82. The molecule has 2 aromatic carbocycles. The molecule has 2 unspecified atom stereocenters. The molecule has 0 radical (unpaired) electrons. The van der Waals surface area contributed by atoms with Crippen LogP contribution in [0.15, 0.2) is 48.5 Å². The highest BCUT2D eigenvalue weighted by Gasteiger charge is 2.20. The Balaban J connectivity index is 2.17. The molecule has 0 aliphatic rings. The lowest BCUT2D eigenvalue weighted by Crippen LogP contribution is -2.31. The molecule has 0 spiro atoms. The van der Waals surface area contributed by atoms with Gasteiger partial charge < -0.3 is 10.1 Å². The summed E-state index contributed by atoms with van der Waals surface area (Å²) in [7, 11) is 1.81. The van der Waals surface area contributed by atoms with Crippen LogP contribution in [-0.2, 0) is 0 Å². The Morgan fingerprint density at radius 3 is 2.40 bits per heavy atom. The van der Waals surface area contributed by atoms with E-state index in [1.165, 1.54) is 0 Å². The number of hydrogen-bond donors (Lipinski definition) is 1. The molecule has 4 heteroatoms. The van der Waals surface area contributed by atoms with Gasteiger partial charge in [0.05, 0.1) is 6.04 Å². The first-order valence-electron chi connectivity index (χ1n) is 6.45. The summed E-state index contributed by atoms with van der Waals surface area (Å²) in [4.78, 5) is 0. The summed E-state index contributed by atoms with van der Waals surface area (Å²) in [5.41, 5.74) is 1.03. The molecule has 20 heavy (non-hydrogen) atoms. The predicted octanol–water partition coefficient (Wildman–Crippen LogP) is 3.69. The molecule has 0 amide bonds. The first kappa shape index (κ1) is 14.5. The van der Waals surface area contributed by atoms with Crippen LogP contribution in [0, 0.1) is 11.6 Å². The van der Waals surface area contributed by atoms with E-state index >= 15 is 0 Å². The van der Waals surface area contributed by atoms with E-state index in [0.29, 0.717) is 0 Å². The van der Waals surface area contributed by atoms with Gasteiger partial charge in [-0.1, -0.05) is 30.3 Å². The van der Waals surface area contributed by atoms with Gasteiger partial charge in [0.25, 0.3) is 0 Å². The smallest absolute Gasteiger partial charge is 0.165 e. The molecule has 0 heterocycles. The van der Waals surface area contributed by atoms with Gasteiger partial charge in [-0.3, -0.25) is 0 Å². The van der Waals surface area contributed by atoms with Gasteiger partial charge in [-0.2, -0.15) is 0 Å². The highest BCUT2D eigenvalue weighted by molar-refractivity contribution is 5.26. The fourth-order valence-electron chi connectivity index (χ4n) is 2.17. The maximum Gasteiger partial charge on any atom is 0.165 e. The van der Waals surface area contributed by atoms with E-state index in [4.69, 9.17) is 4.74 Å². The van der Waals surface area contributed by atoms with Crippen LogP contribution < -0.4 is 10.1 Å². The average Bonchev–Trinajstić information content (AvgIpc) is 2.45. The van der Waals surface area contributed by atoms with Crippen LogP contribution in [-0.4, -0.2) is 13.2 Å². The highest BCUT2D eigenvalue weighted by atomic mass is 19.1. The van der Waals surface area contributed by atoms with E-state index in [-0.39, 0.29) is 17.9 Å². The molecule has 2 atom stereocenters. The third-order valence-corrected chi connectivity index (χ3v) is 3.15. The van der Waals surface area contributed by atoms with Gasteiger partial charge in [-0.15, -0.1) is 0 Å². The lowest BCUT2D eigenvalue weighted by molar-refractivity contribution is 0.167. The molecule has 2 aromatic rings. The van der Waals surface area contributed by atoms with Gasteiger partial charge in [0, 0.05) is 6.07 Å². The minimum atomic E-state index is -0.568. The number of halogens is 2. The van der Waals surface area contributed by atoms with Crippen LogP contribution in [0.5, 0.6) is 5.75 Å². The zero-order valence-corrected chi connectivity index (χ0v) is 11.4. The molecule has 0 saturated carbocycles. The maximum absolute atomic E-state index is 13.6. The van der Waals surface area contributed by atoms with Crippen molar-refractivity contribution < 1.29 is 13.5 Å². The van der Waals surface area contributed by atoms with Crippen LogP contribution in [0.25, 0.3) is 0 Å². The second kappa shape index (κ2) is 6.48. The zero-order chi connectivity index (χ0) is 14.5. The van der Waals surface area contributed by atoms with E-state index in [0.717, 1.165) is 23.8 Å². The molecule has 0 aromatic heterocycles. The Morgan fingerprint density at radius 1 is 1.05 bits per heavy atom. The number of ether oxygens (including phenoxy) is 1. The monoisotopic (exact) mass is 277 g/mol. The summed E-state index contributed by atoms with van der Waals surface area (Å²) in [5.74, 6) is -1.16. The van der Waals surface area contributed by atoms with E-state index in [2.05, 4.69) is 5.32 Å². The fraction of sp³-hybridized carbons (Fsp3) is 0.250. The van der Waals surface area contributed by atoms with Crippen molar-refractivity contribution in [1.29, 1.82) is 0 Å². The summed E-state index contributed by atoms with van der Waals surface area (Å²) >= 11 is 0. The Morgan fingerprint density at radius 2 is 1.75 bits per heavy atom. The molecule has 0 aliphatic carbocycles. The van der Waals surface area contributed by atoms with Crippen molar-refractivity contribution in [2.75, 3.05) is 7.05 Å². The maximum atomic E-state index is 13.6. The summed E-state index contributed by atoms with van der Waals surface area (Å²) < 4.78 is 32.3. The van der Waals surface area contributed by atoms with Crippen LogP contribution in [0.3, 0.4) is 0 Å². The van der Waals surface area contributed by atoms with E-state index in [1.54, 1.807) is 7.05 Å². The molecular formula is C16H17F2NO. The van der Waals surface area contributed by atoms with Crippen LogP contribution >= 0.6 is 0 Å². The second-order valence-corrected chi connectivity index (χ2v) is 4.57. The Kier molecular flexibility index (Phi) is 4.69. The number of rotatable bonds is 5. The van der Waals surface area contributed by atoms with Gasteiger partial charge in [-0.25, -0.2) is 8.78 Å². The fourth-order valence-corrected chi connectivity index (χ4v) is 2.17. The molecule has 0 bridgehead atoms. The second-order valence-electron chi connectivity index (χ2n) is 4.57. The number of likely N-dealkylation sites (N-methyl/N-ethyl adjacent to an activating group) is 1. The van der Waals surface area contributed by atoms with Crippen molar-refractivity contribution >= 4 is 0 Å². The van der Waals surface area contributed by atoms with Gasteiger partial charge in [-0.05, 0) is 31.7 Å². The van der Waals surface area contributed by atoms with Crippen molar-refractivity contribution in [1.82, 2.24) is 5.32 Å². The zero-order valence-electron chi connectivity index (χ0n) is 11.4. The SMILES string of the molecule is CNC(c1ccccc1)C(C)Oc1cc(F)ccc1F. The normalized spacial score (nSPS) is 13.8. The van der Waals surface area contributed by atoms with E-state index < -0.39 is 11.6 Å². The molecule has 0 aliphatic heterocycles. The molecule has 0 saturated heterocycles. The first-order valence-corrected chi connectivity index (χ1v) is 6.45. The standard InChI is InChI=1S/C16H17F2NO/c1-11(16(19-2)12-6-4-3-5-7-12)20-15-10-13(17)8-9-14(15)18/h3-11,16,19H,1-2H3. The molecule has 106 valence electrons. The molecular weight excluding hydrogens is 260 g/mol. The molecule has 2 nitrogen and oxygen atoms in total. The van der Waals surface area contributed by atoms with Crippen molar-refractivity contribution in [2.24, 2.45) is 0 Å². The summed E-state index contributed by atoms with van der Waals surface area (Å²) in [5, 5.41) is 3.13. The Labute approximate surface area is 117 Å². The minimum Gasteiger partial charge on any atom is -0.486 e. The predicted molar refractivity (Wildman–Crippen MR) is 74.7 cm³/mol. The lowest BCUT2D eigenvalue weighted by Gasteiger charge is -2.25. The van der Waals surface area contributed by atoms with Gasteiger partial charge in [0.2, 0.25) is 0 Å². The van der Waals surface area contributed by atoms with Gasteiger partial charge >= 0.3 is 0 Å². The summed E-state index contributed by atoms with van der Waals surface area (Å²) in [6, 6.07) is 12.8. The Bertz CT molecular complexity index is 560. The van der Waals surface area contributed by atoms with Crippen molar-refractivity contribution in [3.8, 4) is 5.75 Å². The lowest BCUT2D eigenvalue weighted by atomic mass is 10.0. The van der Waals surface area contributed by atoms with E-state index in [9.17, 15) is 8.78 Å². The van der Waals surface area contributed by atoms with Gasteiger partial charge in [0.15, 0.2) is 11.6 Å². The molecule has 2 rings (SSSR count). The van der Waals surface area contributed by atoms with Crippen molar-refractivity contribution in [3.63, 3.8) is 0 Å². The largest absolute Gasteiger partial charge is 0.486 e. The van der Waals surface area contributed by atoms with Crippen molar-refractivity contribution in [2.45, 2.75) is 19.1 Å². The quantitative estimate of drug-likeness (QED) is 0.900. The molecule has 0 fully saturated rings. The van der Waals surface area contributed by atoms with E-state index in [1.807, 2.05) is 37.3 Å². The third kappa shape index (κ3) is 3.33. The molecule has 1 N–H and O–H groups in total. The van der Waals surface area contributed by atoms with Crippen LogP contribution in [0.1, 0.15) is 18.5 Å². The number of benzene rings is 2. The van der Waals surface area contributed by atoms with Crippen molar-refractivity contribution in [3.05, 3.63) is 65.7 Å². The van der Waals surface area contributed by atoms with Gasteiger partial charge in [0.1, 0.15) is 11.9 Å². The summed E-state index contributed by atoms with van der Waals surface area (Å²) in [6.07, 6.45) is -0.348. The van der Waals surface area contributed by atoms with Crippen LogP contribution in [0.4, 0.5) is 8.78 Å². The number of nitrogens with one attached hydrogen (secondary N) is 1. The Hall–Kier alpha value is -1.94. The first-order chi connectivity index (χ1) is 9.61. The van der Waals surface area contributed by atoms with Crippen LogP contribution in [0.2, 0.25) is 0 Å². The topological polar surface area (TPSA) is 21.3 Å². The average molecular weight is 277 g/mol. The third-order valence-electron chi connectivity index (χ3n) is 3.15. The minimum absolute atomic E-state index is 0.0753.